The molecule has 0 bridgehead atoms. The molecule has 0 amide bonds. The van der Waals surface area contributed by atoms with Gasteiger partial charge in [-0.05, 0) is 13.0 Å². The van der Waals surface area contributed by atoms with E-state index in [-0.39, 0.29) is 22.7 Å². The Kier molecular flexibility index (Phi) is 2.80. The van der Waals surface area contributed by atoms with Gasteiger partial charge >= 0.3 is 5.97 Å². The molecule has 1 aromatic carbocycles. The molecule has 0 aliphatic carbocycles. The molecular weight excluding hydrogens is 240 g/mol. The van der Waals surface area contributed by atoms with E-state index in [1.54, 1.807) is 19.1 Å². The second-order valence-electron chi connectivity index (χ2n) is 3.56. The Balaban J connectivity index is 2.71. The number of para-hydroxylation sites is 1. The van der Waals surface area contributed by atoms with Gasteiger partial charge in [-0.3, -0.25) is 10.1 Å². The fourth-order valence-electron chi connectivity index (χ4n) is 1.67. The number of aromatic nitrogens is 1. The van der Waals surface area contributed by atoms with Gasteiger partial charge in [0.25, 0.3) is 5.69 Å². The maximum absolute atomic E-state index is 11.0. The SMILES string of the molecule is Cc1cccc(-c2ocnc2C(=O)O)c1[N+](=O)[O-]. The van der Waals surface area contributed by atoms with E-state index in [2.05, 4.69) is 4.98 Å². The Hall–Kier alpha value is -2.70. The lowest BCUT2D eigenvalue weighted by atomic mass is 10.0. The lowest BCUT2D eigenvalue weighted by molar-refractivity contribution is -0.384. The first-order chi connectivity index (χ1) is 8.52. The van der Waals surface area contributed by atoms with Crippen molar-refractivity contribution in [1.29, 1.82) is 0 Å². The van der Waals surface area contributed by atoms with Crippen molar-refractivity contribution in [3.05, 3.63) is 46.0 Å². The van der Waals surface area contributed by atoms with Gasteiger partial charge in [-0.2, -0.15) is 0 Å². The van der Waals surface area contributed by atoms with Crippen LogP contribution in [0.4, 0.5) is 5.69 Å². The fourth-order valence-corrected chi connectivity index (χ4v) is 1.67. The number of nitro benzene ring substituents is 1. The number of carboxylic acids is 1. The normalized spacial score (nSPS) is 10.3. The molecule has 0 radical (unpaired) electrons. The lowest BCUT2D eigenvalue weighted by Gasteiger charge is -2.02. The van der Waals surface area contributed by atoms with E-state index in [0.717, 1.165) is 6.39 Å². The first kappa shape index (κ1) is 11.8. The molecule has 0 aliphatic heterocycles. The Morgan fingerprint density at radius 3 is 2.83 bits per heavy atom. The molecule has 18 heavy (non-hydrogen) atoms. The predicted octanol–water partition coefficient (Wildman–Crippen LogP) is 2.26. The van der Waals surface area contributed by atoms with E-state index in [9.17, 15) is 14.9 Å². The topological polar surface area (TPSA) is 106 Å². The highest BCUT2D eigenvalue weighted by Gasteiger charge is 2.25. The molecule has 2 rings (SSSR count). The summed E-state index contributed by atoms with van der Waals surface area (Å²) in [5.41, 5.74) is 0.000545. The summed E-state index contributed by atoms with van der Waals surface area (Å²) in [7, 11) is 0. The quantitative estimate of drug-likeness (QED) is 0.659. The summed E-state index contributed by atoms with van der Waals surface area (Å²) in [4.78, 5) is 24.9. The molecule has 2 aromatic rings. The van der Waals surface area contributed by atoms with Gasteiger partial charge < -0.3 is 9.52 Å². The number of rotatable bonds is 3. The van der Waals surface area contributed by atoms with Gasteiger partial charge in [0.1, 0.15) is 0 Å². The number of aromatic carboxylic acids is 1. The molecule has 1 N–H and O–H groups in total. The van der Waals surface area contributed by atoms with Crippen LogP contribution in [0.15, 0.2) is 29.0 Å². The zero-order valence-electron chi connectivity index (χ0n) is 9.28. The predicted molar refractivity (Wildman–Crippen MR) is 60.3 cm³/mol. The summed E-state index contributed by atoms with van der Waals surface area (Å²) in [6.07, 6.45) is 0.949. The lowest BCUT2D eigenvalue weighted by Crippen LogP contribution is -2.01. The van der Waals surface area contributed by atoms with Crippen LogP contribution in [-0.2, 0) is 0 Å². The van der Waals surface area contributed by atoms with Crippen molar-refractivity contribution in [2.75, 3.05) is 0 Å². The van der Waals surface area contributed by atoms with E-state index in [0.29, 0.717) is 5.56 Å². The molecular formula is C11H8N2O5. The average molecular weight is 248 g/mol. The van der Waals surface area contributed by atoms with E-state index in [1.165, 1.54) is 6.07 Å². The van der Waals surface area contributed by atoms with Crippen molar-refractivity contribution in [2.24, 2.45) is 0 Å². The van der Waals surface area contributed by atoms with Crippen LogP contribution in [0.25, 0.3) is 11.3 Å². The highest BCUT2D eigenvalue weighted by Crippen LogP contribution is 2.34. The highest BCUT2D eigenvalue weighted by atomic mass is 16.6. The molecule has 1 aromatic heterocycles. The molecule has 0 saturated carbocycles. The van der Waals surface area contributed by atoms with E-state index < -0.39 is 10.9 Å². The van der Waals surface area contributed by atoms with Crippen LogP contribution in [0.2, 0.25) is 0 Å². The van der Waals surface area contributed by atoms with Crippen molar-refractivity contribution < 1.29 is 19.2 Å². The first-order valence-electron chi connectivity index (χ1n) is 4.93. The van der Waals surface area contributed by atoms with Gasteiger partial charge in [0.2, 0.25) is 0 Å². The van der Waals surface area contributed by atoms with Crippen LogP contribution >= 0.6 is 0 Å². The third kappa shape index (κ3) is 1.81. The van der Waals surface area contributed by atoms with Crippen molar-refractivity contribution in [3.8, 4) is 11.3 Å². The molecule has 0 aliphatic rings. The summed E-state index contributed by atoms with van der Waals surface area (Å²) < 4.78 is 4.96. The fraction of sp³-hybridized carbons (Fsp3) is 0.0909. The smallest absolute Gasteiger partial charge is 0.358 e. The summed E-state index contributed by atoms with van der Waals surface area (Å²) in [6.45, 7) is 1.57. The van der Waals surface area contributed by atoms with Crippen molar-refractivity contribution >= 4 is 11.7 Å². The van der Waals surface area contributed by atoms with Gasteiger partial charge in [-0.15, -0.1) is 0 Å². The second-order valence-corrected chi connectivity index (χ2v) is 3.56. The number of benzene rings is 1. The van der Waals surface area contributed by atoms with Gasteiger partial charge in [-0.25, -0.2) is 9.78 Å². The molecule has 1 heterocycles. The maximum atomic E-state index is 11.0. The maximum Gasteiger partial charge on any atom is 0.358 e. The molecule has 0 saturated heterocycles. The number of oxazole rings is 1. The van der Waals surface area contributed by atoms with Crippen LogP contribution in [-0.4, -0.2) is 21.0 Å². The standard InChI is InChI=1S/C11H8N2O5/c1-6-3-2-4-7(9(6)13(16)17)10-8(11(14)15)12-5-18-10/h2-5H,1H3,(H,14,15). The number of hydrogen-bond donors (Lipinski definition) is 1. The molecule has 0 fully saturated rings. The highest BCUT2D eigenvalue weighted by molar-refractivity contribution is 5.93. The molecule has 7 heteroatoms. The Labute approximate surface area is 101 Å². The monoisotopic (exact) mass is 248 g/mol. The van der Waals surface area contributed by atoms with E-state index >= 15 is 0 Å². The molecule has 0 unspecified atom stereocenters. The summed E-state index contributed by atoms with van der Waals surface area (Å²) in [5.74, 6) is -1.41. The molecule has 7 nitrogen and oxygen atoms in total. The summed E-state index contributed by atoms with van der Waals surface area (Å²) in [5, 5.41) is 19.9. The number of aryl methyl sites for hydroxylation is 1. The van der Waals surface area contributed by atoms with Crippen LogP contribution < -0.4 is 0 Å². The van der Waals surface area contributed by atoms with Crippen molar-refractivity contribution in [1.82, 2.24) is 4.98 Å². The van der Waals surface area contributed by atoms with Crippen LogP contribution in [0.1, 0.15) is 16.1 Å². The minimum Gasteiger partial charge on any atom is -0.476 e. The Morgan fingerprint density at radius 1 is 1.50 bits per heavy atom. The summed E-state index contributed by atoms with van der Waals surface area (Å²) in [6, 6.07) is 4.59. The molecule has 0 spiro atoms. The van der Waals surface area contributed by atoms with Gasteiger partial charge in [0.15, 0.2) is 17.8 Å². The summed E-state index contributed by atoms with van der Waals surface area (Å²) >= 11 is 0. The van der Waals surface area contributed by atoms with E-state index in [1.807, 2.05) is 0 Å². The molecule has 0 atom stereocenters. The van der Waals surface area contributed by atoms with Crippen LogP contribution in [0.3, 0.4) is 0 Å². The van der Waals surface area contributed by atoms with E-state index in [4.69, 9.17) is 9.52 Å². The zero-order chi connectivity index (χ0) is 13.3. The van der Waals surface area contributed by atoms with Gasteiger partial charge in [0.05, 0.1) is 10.5 Å². The average Bonchev–Trinajstić information content (AvgIpc) is 2.76. The number of carbonyl (C=O) groups is 1. The number of hydrogen-bond acceptors (Lipinski definition) is 5. The van der Waals surface area contributed by atoms with Crippen LogP contribution in [0.5, 0.6) is 0 Å². The minimum atomic E-state index is -1.30. The van der Waals surface area contributed by atoms with Gasteiger partial charge in [0, 0.05) is 5.56 Å². The first-order valence-corrected chi connectivity index (χ1v) is 4.93. The zero-order valence-corrected chi connectivity index (χ0v) is 9.28. The third-order valence-corrected chi connectivity index (χ3v) is 2.43. The van der Waals surface area contributed by atoms with Crippen LogP contribution in [0, 0.1) is 17.0 Å². The van der Waals surface area contributed by atoms with Crippen molar-refractivity contribution in [2.45, 2.75) is 6.92 Å². The van der Waals surface area contributed by atoms with Gasteiger partial charge in [-0.1, -0.05) is 12.1 Å². The molecule has 92 valence electrons. The number of nitro groups is 1. The Morgan fingerprint density at radius 2 is 2.22 bits per heavy atom. The number of carboxylic acid groups (broad SMARTS) is 1. The number of nitrogens with zero attached hydrogens (tertiary/aromatic N) is 2. The Bertz CT molecular complexity index is 632. The van der Waals surface area contributed by atoms with Crippen molar-refractivity contribution in [3.63, 3.8) is 0 Å². The second kappa shape index (κ2) is 4.28. The third-order valence-electron chi connectivity index (χ3n) is 2.43. The largest absolute Gasteiger partial charge is 0.476 e. The minimum absolute atomic E-state index is 0.106.